The van der Waals surface area contributed by atoms with Crippen molar-refractivity contribution >= 4 is 5.82 Å². The number of imidazole rings is 1. The van der Waals surface area contributed by atoms with Gasteiger partial charge in [-0.2, -0.15) is 0 Å². The maximum absolute atomic E-state index is 6.29. The molecule has 1 fully saturated rings. The number of hydrogen-bond acceptors (Lipinski definition) is 7. The Kier molecular flexibility index (Phi) is 4.08. The van der Waals surface area contributed by atoms with Crippen LogP contribution in [0.1, 0.15) is 29.9 Å². The van der Waals surface area contributed by atoms with Crippen LogP contribution >= 0.6 is 0 Å². The van der Waals surface area contributed by atoms with Gasteiger partial charge in [0, 0.05) is 38.7 Å². The summed E-state index contributed by atoms with van der Waals surface area (Å²) in [5, 5.41) is 8.83. The molecule has 2 aliphatic rings. The van der Waals surface area contributed by atoms with Crippen molar-refractivity contribution in [2.24, 2.45) is 7.05 Å². The van der Waals surface area contributed by atoms with E-state index in [4.69, 9.17) is 9.72 Å². The maximum Gasteiger partial charge on any atom is 0.160 e. The average molecular weight is 377 g/mol. The third-order valence-electron chi connectivity index (χ3n) is 5.76. The molecule has 28 heavy (non-hydrogen) atoms. The number of rotatable bonds is 2. The largest absolute Gasteiger partial charge is 0.368 e. The molecule has 0 bridgehead atoms. The maximum atomic E-state index is 6.29. The van der Waals surface area contributed by atoms with Crippen molar-refractivity contribution in [3.63, 3.8) is 0 Å². The molecule has 2 aliphatic heterocycles. The third kappa shape index (κ3) is 2.84. The van der Waals surface area contributed by atoms with Crippen molar-refractivity contribution < 1.29 is 4.74 Å². The lowest BCUT2D eigenvalue weighted by molar-refractivity contribution is -0.0803. The molecule has 144 valence electrons. The Labute approximate surface area is 163 Å². The fourth-order valence-corrected chi connectivity index (χ4v) is 4.20. The molecule has 0 amide bonds. The van der Waals surface area contributed by atoms with Crippen LogP contribution in [0.3, 0.4) is 0 Å². The van der Waals surface area contributed by atoms with Crippen molar-refractivity contribution in [3.8, 4) is 11.5 Å². The van der Waals surface area contributed by atoms with Gasteiger partial charge in [0.05, 0.1) is 12.3 Å². The molecule has 5 heterocycles. The first-order chi connectivity index (χ1) is 13.6. The van der Waals surface area contributed by atoms with E-state index in [0.29, 0.717) is 0 Å². The van der Waals surface area contributed by atoms with Crippen LogP contribution in [0.25, 0.3) is 11.5 Å². The summed E-state index contributed by atoms with van der Waals surface area (Å²) in [6.45, 7) is 4.39. The van der Waals surface area contributed by atoms with Gasteiger partial charge in [-0.05, 0) is 43.9 Å². The Morgan fingerprint density at radius 2 is 1.96 bits per heavy atom. The molecule has 5 rings (SSSR count). The minimum absolute atomic E-state index is 0.294. The molecule has 0 unspecified atom stereocenters. The highest BCUT2D eigenvalue weighted by Crippen LogP contribution is 2.40. The van der Waals surface area contributed by atoms with Crippen LogP contribution in [0.4, 0.5) is 5.82 Å². The second kappa shape index (κ2) is 6.63. The van der Waals surface area contributed by atoms with Gasteiger partial charge < -0.3 is 14.2 Å². The molecule has 3 aromatic rings. The summed E-state index contributed by atoms with van der Waals surface area (Å²) in [4.78, 5) is 15.7. The first-order valence-corrected chi connectivity index (χ1v) is 9.68. The van der Waals surface area contributed by atoms with E-state index in [9.17, 15) is 0 Å². The van der Waals surface area contributed by atoms with Crippen LogP contribution in [0.15, 0.2) is 30.7 Å². The SMILES string of the molecule is Cc1ncc2c(n1)C1(CCN(c3ccc(-c4nccn4C)nn3)CC1)OCC2. The standard InChI is InChI=1S/C20H23N7O/c1-14-22-13-15-5-12-28-20(18(15)23-14)6-9-27(10-7-20)17-4-3-16(24-25-17)19-21-8-11-26(19)2/h3-4,8,11,13H,5-7,9-10,12H2,1-2H3. The Bertz CT molecular complexity index is 990. The average Bonchev–Trinajstić information content (AvgIpc) is 3.15. The predicted molar refractivity (Wildman–Crippen MR) is 104 cm³/mol. The lowest BCUT2D eigenvalue weighted by Crippen LogP contribution is -2.47. The van der Waals surface area contributed by atoms with Gasteiger partial charge in [0.2, 0.25) is 0 Å². The fraction of sp³-hybridized carbons (Fsp3) is 0.450. The number of fused-ring (bicyclic) bond motifs is 2. The van der Waals surface area contributed by atoms with Gasteiger partial charge in [0.25, 0.3) is 0 Å². The minimum atomic E-state index is -0.294. The lowest BCUT2D eigenvalue weighted by atomic mass is 9.83. The number of ether oxygens (including phenoxy) is 1. The monoisotopic (exact) mass is 377 g/mol. The predicted octanol–water partition coefficient (Wildman–Crippen LogP) is 2.04. The van der Waals surface area contributed by atoms with Crippen LogP contribution in [0.5, 0.6) is 0 Å². The second-order valence-electron chi connectivity index (χ2n) is 7.51. The first kappa shape index (κ1) is 17.2. The fourth-order valence-electron chi connectivity index (χ4n) is 4.20. The summed E-state index contributed by atoms with van der Waals surface area (Å²) in [6, 6.07) is 4.01. The van der Waals surface area contributed by atoms with Crippen molar-refractivity contribution in [2.45, 2.75) is 31.8 Å². The van der Waals surface area contributed by atoms with Crippen molar-refractivity contribution in [1.82, 2.24) is 29.7 Å². The Morgan fingerprint density at radius 1 is 1.11 bits per heavy atom. The van der Waals surface area contributed by atoms with E-state index in [0.717, 1.165) is 67.8 Å². The number of aromatic nitrogens is 6. The van der Waals surface area contributed by atoms with E-state index in [1.54, 1.807) is 6.20 Å². The van der Waals surface area contributed by atoms with Crippen LogP contribution in [0.2, 0.25) is 0 Å². The molecule has 8 heteroatoms. The summed E-state index contributed by atoms with van der Waals surface area (Å²) < 4.78 is 8.23. The molecule has 8 nitrogen and oxygen atoms in total. The smallest absolute Gasteiger partial charge is 0.160 e. The van der Waals surface area contributed by atoms with Gasteiger partial charge >= 0.3 is 0 Å². The summed E-state index contributed by atoms with van der Waals surface area (Å²) in [5.74, 6) is 2.52. The third-order valence-corrected chi connectivity index (χ3v) is 5.76. The molecule has 0 N–H and O–H groups in total. The molecule has 0 radical (unpaired) electrons. The molecule has 1 saturated heterocycles. The topological polar surface area (TPSA) is 81.9 Å². The molecule has 0 aromatic carbocycles. The van der Waals surface area contributed by atoms with E-state index in [1.807, 2.05) is 43.1 Å². The normalized spacial score (nSPS) is 18.3. The van der Waals surface area contributed by atoms with E-state index in [1.165, 1.54) is 5.56 Å². The van der Waals surface area contributed by atoms with Gasteiger partial charge in [-0.25, -0.2) is 15.0 Å². The Hall–Kier alpha value is -2.87. The zero-order chi connectivity index (χ0) is 19.1. The van der Waals surface area contributed by atoms with E-state index < -0.39 is 0 Å². The van der Waals surface area contributed by atoms with E-state index in [-0.39, 0.29) is 5.60 Å². The zero-order valence-electron chi connectivity index (χ0n) is 16.2. The second-order valence-corrected chi connectivity index (χ2v) is 7.51. The lowest BCUT2D eigenvalue weighted by Gasteiger charge is -2.44. The highest BCUT2D eigenvalue weighted by Gasteiger charge is 2.42. The van der Waals surface area contributed by atoms with Crippen LogP contribution < -0.4 is 4.90 Å². The number of anilines is 1. The summed E-state index contributed by atoms with van der Waals surface area (Å²) in [7, 11) is 1.95. The van der Waals surface area contributed by atoms with Gasteiger partial charge in [-0.3, -0.25) is 0 Å². The van der Waals surface area contributed by atoms with Gasteiger partial charge in [0.15, 0.2) is 11.6 Å². The molecule has 0 atom stereocenters. The summed E-state index contributed by atoms with van der Waals surface area (Å²) in [6.07, 6.45) is 8.31. The molecule has 3 aromatic heterocycles. The van der Waals surface area contributed by atoms with Gasteiger partial charge in [0.1, 0.15) is 17.1 Å². The number of nitrogens with zero attached hydrogens (tertiary/aromatic N) is 7. The zero-order valence-corrected chi connectivity index (χ0v) is 16.2. The van der Waals surface area contributed by atoms with Crippen molar-refractivity contribution in [2.75, 3.05) is 24.6 Å². The summed E-state index contributed by atoms with van der Waals surface area (Å²) >= 11 is 0. The highest BCUT2D eigenvalue weighted by atomic mass is 16.5. The number of piperidine rings is 1. The number of aryl methyl sites for hydroxylation is 2. The van der Waals surface area contributed by atoms with Crippen LogP contribution in [0, 0.1) is 6.92 Å². The van der Waals surface area contributed by atoms with Crippen molar-refractivity contribution in [3.05, 3.63) is 47.8 Å². The number of hydrogen-bond donors (Lipinski definition) is 0. The van der Waals surface area contributed by atoms with E-state index >= 15 is 0 Å². The quantitative estimate of drug-likeness (QED) is 0.676. The van der Waals surface area contributed by atoms with E-state index in [2.05, 4.69) is 25.1 Å². The molecular formula is C20H23N7O. The summed E-state index contributed by atoms with van der Waals surface area (Å²) in [5.41, 5.74) is 2.80. The first-order valence-electron chi connectivity index (χ1n) is 9.68. The highest BCUT2D eigenvalue weighted by molar-refractivity contribution is 5.52. The molecular weight excluding hydrogens is 354 g/mol. The molecule has 0 aliphatic carbocycles. The van der Waals surface area contributed by atoms with Crippen molar-refractivity contribution in [1.29, 1.82) is 0 Å². The van der Waals surface area contributed by atoms with Gasteiger partial charge in [-0.15, -0.1) is 10.2 Å². The molecule has 0 saturated carbocycles. The molecule has 1 spiro atoms. The Balaban J connectivity index is 1.34. The minimum Gasteiger partial charge on any atom is -0.368 e. The van der Waals surface area contributed by atoms with Crippen LogP contribution in [-0.2, 0) is 23.8 Å². The van der Waals surface area contributed by atoms with Gasteiger partial charge in [-0.1, -0.05) is 0 Å². The van der Waals surface area contributed by atoms with Crippen LogP contribution in [-0.4, -0.2) is 49.4 Å². The Morgan fingerprint density at radius 3 is 2.68 bits per heavy atom.